The highest BCUT2D eigenvalue weighted by Crippen LogP contribution is 2.24. The lowest BCUT2D eigenvalue weighted by molar-refractivity contribution is -0.113. The molecule has 1 N–H and O–H groups in total. The van der Waals surface area contributed by atoms with Gasteiger partial charge in [-0.05, 0) is 0 Å². The SMILES string of the molecule is Cn1nc(C(C)(C)C)cc1NC(=O)CSc1nncs1. The molecule has 108 valence electrons. The van der Waals surface area contributed by atoms with Gasteiger partial charge in [0.25, 0.3) is 0 Å². The van der Waals surface area contributed by atoms with Crippen LogP contribution in [0.15, 0.2) is 15.9 Å². The molecule has 0 aliphatic carbocycles. The fourth-order valence-electron chi connectivity index (χ4n) is 1.48. The van der Waals surface area contributed by atoms with Gasteiger partial charge in [-0.1, -0.05) is 43.9 Å². The van der Waals surface area contributed by atoms with Crippen molar-refractivity contribution in [2.24, 2.45) is 7.05 Å². The van der Waals surface area contributed by atoms with Crippen molar-refractivity contribution < 1.29 is 4.79 Å². The molecule has 0 saturated heterocycles. The number of hydrogen-bond acceptors (Lipinski definition) is 6. The Morgan fingerprint density at radius 1 is 1.50 bits per heavy atom. The molecule has 0 radical (unpaired) electrons. The van der Waals surface area contributed by atoms with E-state index in [4.69, 9.17) is 0 Å². The van der Waals surface area contributed by atoms with Crippen LogP contribution < -0.4 is 5.32 Å². The summed E-state index contributed by atoms with van der Waals surface area (Å²) in [4.78, 5) is 11.9. The average molecular weight is 311 g/mol. The molecular weight excluding hydrogens is 294 g/mol. The molecule has 2 aromatic rings. The minimum absolute atomic E-state index is 0.0396. The lowest BCUT2D eigenvalue weighted by Crippen LogP contribution is -2.16. The summed E-state index contributed by atoms with van der Waals surface area (Å²) in [7, 11) is 1.82. The van der Waals surface area contributed by atoms with Gasteiger partial charge in [0.05, 0.1) is 11.4 Å². The maximum absolute atomic E-state index is 11.9. The summed E-state index contributed by atoms with van der Waals surface area (Å²) in [5, 5.41) is 14.9. The summed E-state index contributed by atoms with van der Waals surface area (Å²) in [6.07, 6.45) is 0. The first-order chi connectivity index (χ1) is 9.36. The smallest absolute Gasteiger partial charge is 0.235 e. The first-order valence-electron chi connectivity index (χ1n) is 6.09. The molecule has 20 heavy (non-hydrogen) atoms. The second-order valence-electron chi connectivity index (χ2n) is 5.33. The Hall–Kier alpha value is -1.41. The van der Waals surface area contributed by atoms with Crippen LogP contribution in [0.1, 0.15) is 26.5 Å². The summed E-state index contributed by atoms with van der Waals surface area (Å²) in [6, 6.07) is 1.91. The monoisotopic (exact) mass is 311 g/mol. The summed E-state index contributed by atoms with van der Waals surface area (Å²) in [5.41, 5.74) is 2.56. The predicted octanol–water partition coefficient (Wildman–Crippen LogP) is 2.30. The van der Waals surface area contributed by atoms with E-state index in [2.05, 4.69) is 41.4 Å². The van der Waals surface area contributed by atoms with Crippen LogP contribution in [0.25, 0.3) is 0 Å². The zero-order chi connectivity index (χ0) is 14.8. The number of anilines is 1. The maximum Gasteiger partial charge on any atom is 0.235 e. The number of nitrogens with zero attached hydrogens (tertiary/aromatic N) is 4. The first kappa shape index (κ1) is 15.0. The Morgan fingerprint density at radius 3 is 2.80 bits per heavy atom. The normalized spacial score (nSPS) is 11.6. The third-order valence-corrected chi connectivity index (χ3v) is 4.44. The minimum atomic E-state index is -0.0753. The van der Waals surface area contributed by atoms with E-state index in [0.29, 0.717) is 11.6 Å². The van der Waals surface area contributed by atoms with E-state index in [0.717, 1.165) is 10.0 Å². The molecule has 2 rings (SSSR count). The highest BCUT2D eigenvalue weighted by atomic mass is 32.2. The quantitative estimate of drug-likeness (QED) is 0.877. The number of aromatic nitrogens is 4. The van der Waals surface area contributed by atoms with E-state index in [1.807, 2.05) is 13.1 Å². The Bertz CT molecular complexity index is 586. The molecule has 6 nitrogen and oxygen atoms in total. The van der Waals surface area contributed by atoms with Gasteiger partial charge in [-0.25, -0.2) is 0 Å². The second-order valence-corrected chi connectivity index (χ2v) is 7.39. The van der Waals surface area contributed by atoms with E-state index in [-0.39, 0.29) is 11.3 Å². The molecule has 0 fully saturated rings. The van der Waals surface area contributed by atoms with Crippen LogP contribution in [-0.2, 0) is 17.3 Å². The number of rotatable bonds is 4. The topological polar surface area (TPSA) is 72.7 Å². The molecule has 0 atom stereocenters. The van der Waals surface area contributed by atoms with Crippen molar-refractivity contribution in [2.75, 3.05) is 11.1 Å². The Morgan fingerprint density at radius 2 is 2.25 bits per heavy atom. The molecule has 0 bridgehead atoms. The van der Waals surface area contributed by atoms with Crippen LogP contribution in [0.2, 0.25) is 0 Å². The summed E-state index contributed by atoms with van der Waals surface area (Å²) >= 11 is 2.80. The maximum atomic E-state index is 11.9. The van der Waals surface area contributed by atoms with Gasteiger partial charge >= 0.3 is 0 Å². The van der Waals surface area contributed by atoms with Crippen LogP contribution in [0, 0.1) is 0 Å². The van der Waals surface area contributed by atoms with Crippen LogP contribution in [0.5, 0.6) is 0 Å². The average Bonchev–Trinajstić information content (AvgIpc) is 2.96. The van der Waals surface area contributed by atoms with Crippen LogP contribution in [0.4, 0.5) is 5.82 Å². The minimum Gasteiger partial charge on any atom is -0.310 e. The molecule has 0 spiro atoms. The number of hydrogen-bond donors (Lipinski definition) is 1. The fourth-order valence-corrected chi connectivity index (χ4v) is 2.77. The van der Waals surface area contributed by atoms with E-state index >= 15 is 0 Å². The van der Waals surface area contributed by atoms with Gasteiger partial charge in [-0.3, -0.25) is 9.48 Å². The molecule has 1 amide bonds. The lowest BCUT2D eigenvalue weighted by Gasteiger charge is -2.13. The van der Waals surface area contributed by atoms with Gasteiger partial charge in [0.2, 0.25) is 5.91 Å². The van der Waals surface area contributed by atoms with Crippen molar-refractivity contribution in [1.29, 1.82) is 0 Å². The number of nitrogens with one attached hydrogen (secondary N) is 1. The van der Waals surface area contributed by atoms with Gasteiger partial charge in [0.15, 0.2) is 4.34 Å². The van der Waals surface area contributed by atoms with E-state index < -0.39 is 0 Å². The number of amides is 1. The second kappa shape index (κ2) is 5.92. The third kappa shape index (κ3) is 3.80. The largest absolute Gasteiger partial charge is 0.310 e. The third-order valence-electron chi connectivity index (χ3n) is 2.58. The van der Waals surface area contributed by atoms with Gasteiger partial charge < -0.3 is 5.32 Å². The van der Waals surface area contributed by atoms with Crippen molar-refractivity contribution in [3.63, 3.8) is 0 Å². The van der Waals surface area contributed by atoms with Crippen LogP contribution in [-0.4, -0.2) is 31.6 Å². The first-order valence-corrected chi connectivity index (χ1v) is 7.96. The molecule has 0 aromatic carbocycles. The fraction of sp³-hybridized carbons (Fsp3) is 0.500. The van der Waals surface area contributed by atoms with E-state index in [1.54, 1.807) is 10.2 Å². The van der Waals surface area contributed by atoms with Gasteiger partial charge in [-0.15, -0.1) is 10.2 Å². The zero-order valence-corrected chi connectivity index (χ0v) is 13.5. The predicted molar refractivity (Wildman–Crippen MR) is 81.2 cm³/mol. The zero-order valence-electron chi connectivity index (χ0n) is 11.9. The Balaban J connectivity index is 1.96. The molecule has 0 aliphatic rings. The highest BCUT2D eigenvalue weighted by Gasteiger charge is 2.19. The number of carbonyl (C=O) groups is 1. The van der Waals surface area contributed by atoms with E-state index in [9.17, 15) is 4.79 Å². The molecule has 0 unspecified atom stereocenters. The summed E-state index contributed by atoms with van der Waals surface area (Å²) in [5.74, 6) is 0.942. The number of carbonyl (C=O) groups excluding carboxylic acids is 1. The number of thioether (sulfide) groups is 1. The van der Waals surface area contributed by atoms with Gasteiger partial charge in [0.1, 0.15) is 11.3 Å². The standard InChI is InChI=1S/C12H17N5OS2/c1-12(2,3)8-5-9(17(4)16-8)14-10(18)6-19-11-15-13-7-20-11/h5,7H,6H2,1-4H3,(H,14,18). The molecular formula is C12H17N5OS2. The Labute approximate surface area is 126 Å². The van der Waals surface area contributed by atoms with Crippen LogP contribution >= 0.6 is 23.1 Å². The van der Waals surface area contributed by atoms with Crippen molar-refractivity contribution in [3.8, 4) is 0 Å². The van der Waals surface area contributed by atoms with E-state index in [1.165, 1.54) is 23.1 Å². The number of aryl methyl sites for hydroxylation is 1. The lowest BCUT2D eigenvalue weighted by atomic mass is 9.92. The summed E-state index contributed by atoms with van der Waals surface area (Å²) < 4.78 is 2.48. The highest BCUT2D eigenvalue weighted by molar-refractivity contribution is 8.01. The van der Waals surface area contributed by atoms with Crippen LogP contribution in [0.3, 0.4) is 0 Å². The molecule has 0 aliphatic heterocycles. The van der Waals surface area contributed by atoms with Crippen molar-refractivity contribution in [2.45, 2.75) is 30.5 Å². The molecule has 2 heterocycles. The Kier molecular flexibility index (Phi) is 4.44. The molecule has 2 aromatic heterocycles. The molecule has 0 saturated carbocycles. The van der Waals surface area contributed by atoms with Gasteiger partial charge in [0, 0.05) is 18.5 Å². The van der Waals surface area contributed by atoms with Crippen molar-refractivity contribution >= 4 is 34.8 Å². The summed E-state index contributed by atoms with van der Waals surface area (Å²) in [6.45, 7) is 6.27. The molecule has 8 heteroatoms. The van der Waals surface area contributed by atoms with Gasteiger partial charge in [-0.2, -0.15) is 5.10 Å². The van der Waals surface area contributed by atoms with Crippen molar-refractivity contribution in [3.05, 3.63) is 17.3 Å². The van der Waals surface area contributed by atoms with Crippen molar-refractivity contribution in [1.82, 2.24) is 20.0 Å².